The van der Waals surface area contributed by atoms with Crippen molar-refractivity contribution in [2.45, 2.75) is 19.9 Å². The van der Waals surface area contributed by atoms with Gasteiger partial charge in [0, 0.05) is 25.4 Å². The number of hydrogen-bond acceptors (Lipinski definition) is 8. The van der Waals surface area contributed by atoms with E-state index in [9.17, 15) is 0 Å². The first-order valence-corrected chi connectivity index (χ1v) is 8.11. The molecule has 2 heterocycles. The molecule has 0 fully saturated rings. The van der Waals surface area contributed by atoms with E-state index in [1.165, 1.54) is 11.0 Å². The largest absolute Gasteiger partial charge is 0.354 e. The van der Waals surface area contributed by atoms with Crippen molar-refractivity contribution in [1.29, 1.82) is 0 Å². The molecule has 114 valence electrons. The molecule has 2 rings (SSSR count). The van der Waals surface area contributed by atoms with Gasteiger partial charge < -0.3 is 10.2 Å². The van der Waals surface area contributed by atoms with Crippen molar-refractivity contribution < 1.29 is 0 Å². The smallest absolute Gasteiger partial charge is 0.258 e. The van der Waals surface area contributed by atoms with Crippen LogP contribution < -0.4 is 10.2 Å². The minimum atomic E-state index is 0.320. The number of aromatic nitrogens is 6. The Labute approximate surface area is 128 Å². The molecule has 1 unspecified atom stereocenters. The molecule has 0 aliphatic heterocycles. The SMILES string of the molecule is CCNc1nc(N(C)C(C)CSC)nc(-n2cncn2)n1. The third kappa shape index (κ3) is 3.81. The summed E-state index contributed by atoms with van der Waals surface area (Å²) in [4.78, 5) is 19.3. The number of nitrogens with one attached hydrogen (secondary N) is 1. The van der Waals surface area contributed by atoms with Crippen molar-refractivity contribution in [3.8, 4) is 5.95 Å². The molecule has 8 nitrogen and oxygen atoms in total. The van der Waals surface area contributed by atoms with E-state index in [2.05, 4.69) is 43.5 Å². The molecule has 0 amide bonds. The lowest BCUT2D eigenvalue weighted by Gasteiger charge is -2.24. The molecule has 0 bridgehead atoms. The summed E-state index contributed by atoms with van der Waals surface area (Å²) in [6, 6.07) is 0.320. The van der Waals surface area contributed by atoms with Crippen LogP contribution in [-0.4, -0.2) is 61.4 Å². The molecular formula is C12H20N8S. The number of hydrogen-bond donors (Lipinski definition) is 1. The van der Waals surface area contributed by atoms with Gasteiger partial charge in [-0.2, -0.15) is 36.5 Å². The molecule has 2 aromatic rings. The number of anilines is 2. The zero-order valence-electron chi connectivity index (χ0n) is 12.7. The van der Waals surface area contributed by atoms with E-state index in [-0.39, 0.29) is 0 Å². The number of rotatable bonds is 7. The first kappa shape index (κ1) is 15.5. The topological polar surface area (TPSA) is 84.7 Å². The molecule has 0 aliphatic carbocycles. The molecule has 1 atom stereocenters. The van der Waals surface area contributed by atoms with Crippen LogP contribution in [0.5, 0.6) is 0 Å². The van der Waals surface area contributed by atoms with Gasteiger partial charge in [0.2, 0.25) is 11.9 Å². The molecular weight excluding hydrogens is 288 g/mol. The maximum atomic E-state index is 4.48. The molecule has 0 saturated carbocycles. The lowest BCUT2D eigenvalue weighted by atomic mass is 10.3. The highest BCUT2D eigenvalue weighted by atomic mass is 32.2. The Bertz CT molecular complexity index is 558. The van der Waals surface area contributed by atoms with E-state index in [0.717, 1.165) is 12.3 Å². The van der Waals surface area contributed by atoms with Gasteiger partial charge in [-0.05, 0) is 20.1 Å². The number of nitrogens with zero attached hydrogens (tertiary/aromatic N) is 7. The van der Waals surface area contributed by atoms with E-state index in [1.807, 2.05) is 18.9 Å². The summed E-state index contributed by atoms with van der Waals surface area (Å²) in [5, 5.41) is 7.19. The van der Waals surface area contributed by atoms with Crippen molar-refractivity contribution in [1.82, 2.24) is 29.7 Å². The third-order valence-corrected chi connectivity index (χ3v) is 3.77. The van der Waals surface area contributed by atoms with Crippen LogP contribution in [0.1, 0.15) is 13.8 Å². The van der Waals surface area contributed by atoms with Gasteiger partial charge in [-0.25, -0.2) is 4.98 Å². The van der Waals surface area contributed by atoms with E-state index in [0.29, 0.717) is 23.9 Å². The second-order valence-electron chi connectivity index (χ2n) is 4.54. The molecule has 0 spiro atoms. The fourth-order valence-corrected chi connectivity index (χ4v) is 2.42. The van der Waals surface area contributed by atoms with Gasteiger partial charge in [0.05, 0.1) is 0 Å². The Hall–Kier alpha value is -1.90. The maximum absolute atomic E-state index is 4.48. The van der Waals surface area contributed by atoms with Crippen LogP contribution in [0.3, 0.4) is 0 Å². The predicted octanol–water partition coefficient (Wildman–Crippen LogP) is 1.07. The lowest BCUT2D eigenvalue weighted by Crippen LogP contribution is -2.33. The van der Waals surface area contributed by atoms with Gasteiger partial charge in [-0.15, -0.1) is 0 Å². The van der Waals surface area contributed by atoms with E-state index in [4.69, 9.17) is 0 Å². The van der Waals surface area contributed by atoms with Gasteiger partial charge >= 0.3 is 0 Å². The van der Waals surface area contributed by atoms with Crippen molar-refractivity contribution in [3.63, 3.8) is 0 Å². The van der Waals surface area contributed by atoms with Crippen LogP contribution in [0.15, 0.2) is 12.7 Å². The molecule has 0 aliphatic rings. The summed E-state index contributed by atoms with van der Waals surface area (Å²) < 4.78 is 1.53. The normalized spacial score (nSPS) is 12.2. The highest BCUT2D eigenvalue weighted by Gasteiger charge is 2.16. The zero-order valence-corrected chi connectivity index (χ0v) is 13.5. The van der Waals surface area contributed by atoms with Crippen molar-refractivity contribution in [2.24, 2.45) is 0 Å². The van der Waals surface area contributed by atoms with Gasteiger partial charge in [0.25, 0.3) is 5.95 Å². The minimum absolute atomic E-state index is 0.320. The predicted molar refractivity (Wildman–Crippen MR) is 85.2 cm³/mol. The monoisotopic (exact) mass is 308 g/mol. The van der Waals surface area contributed by atoms with Crippen molar-refractivity contribution in [2.75, 3.05) is 35.8 Å². The highest BCUT2D eigenvalue weighted by molar-refractivity contribution is 7.98. The summed E-state index contributed by atoms with van der Waals surface area (Å²) in [6.45, 7) is 4.88. The third-order valence-electron chi connectivity index (χ3n) is 2.95. The second kappa shape index (κ2) is 7.21. The second-order valence-corrected chi connectivity index (χ2v) is 5.46. The Balaban J connectivity index is 2.36. The Kier molecular flexibility index (Phi) is 5.32. The molecule has 0 saturated heterocycles. The van der Waals surface area contributed by atoms with Crippen LogP contribution >= 0.6 is 11.8 Å². The molecule has 2 aromatic heterocycles. The quantitative estimate of drug-likeness (QED) is 0.813. The molecule has 21 heavy (non-hydrogen) atoms. The summed E-state index contributed by atoms with van der Waals surface area (Å²) in [5.74, 6) is 2.61. The summed E-state index contributed by atoms with van der Waals surface area (Å²) in [7, 11) is 1.98. The first-order chi connectivity index (χ1) is 10.2. The van der Waals surface area contributed by atoms with Crippen LogP contribution in [0.4, 0.5) is 11.9 Å². The Morgan fingerprint density at radius 3 is 2.81 bits per heavy atom. The summed E-state index contributed by atoms with van der Waals surface area (Å²) >= 11 is 1.79. The van der Waals surface area contributed by atoms with E-state index in [1.54, 1.807) is 18.1 Å². The Morgan fingerprint density at radius 2 is 2.19 bits per heavy atom. The van der Waals surface area contributed by atoms with E-state index < -0.39 is 0 Å². The molecule has 1 N–H and O–H groups in total. The highest BCUT2D eigenvalue weighted by Crippen LogP contribution is 2.15. The Morgan fingerprint density at radius 1 is 1.38 bits per heavy atom. The van der Waals surface area contributed by atoms with E-state index >= 15 is 0 Å². The van der Waals surface area contributed by atoms with Crippen LogP contribution in [-0.2, 0) is 0 Å². The first-order valence-electron chi connectivity index (χ1n) is 6.72. The molecule has 9 heteroatoms. The van der Waals surface area contributed by atoms with Gasteiger partial charge in [0.1, 0.15) is 12.7 Å². The molecule has 0 aromatic carbocycles. The van der Waals surface area contributed by atoms with Crippen LogP contribution in [0, 0.1) is 0 Å². The zero-order chi connectivity index (χ0) is 15.2. The van der Waals surface area contributed by atoms with Gasteiger partial charge in [0.15, 0.2) is 0 Å². The van der Waals surface area contributed by atoms with Gasteiger partial charge in [-0.3, -0.25) is 0 Å². The fraction of sp³-hybridized carbons (Fsp3) is 0.583. The average Bonchev–Trinajstić information content (AvgIpc) is 3.01. The van der Waals surface area contributed by atoms with Crippen molar-refractivity contribution in [3.05, 3.63) is 12.7 Å². The van der Waals surface area contributed by atoms with Crippen LogP contribution in [0.25, 0.3) is 5.95 Å². The average molecular weight is 308 g/mol. The van der Waals surface area contributed by atoms with Gasteiger partial charge in [-0.1, -0.05) is 0 Å². The van der Waals surface area contributed by atoms with Crippen molar-refractivity contribution >= 4 is 23.7 Å². The fourth-order valence-electron chi connectivity index (χ4n) is 1.71. The summed E-state index contributed by atoms with van der Waals surface area (Å²) in [5.41, 5.74) is 0. The summed E-state index contributed by atoms with van der Waals surface area (Å²) in [6.07, 6.45) is 5.11. The van der Waals surface area contributed by atoms with Crippen LogP contribution in [0.2, 0.25) is 0 Å². The molecule has 0 radical (unpaired) electrons. The number of thioether (sulfide) groups is 1. The minimum Gasteiger partial charge on any atom is -0.354 e. The standard InChI is InChI=1S/C12H20N8S/c1-5-14-10-16-11(19(3)9(2)6-21-4)18-12(17-10)20-8-13-7-15-20/h7-9H,5-6H2,1-4H3,(H,14,16,17,18). The maximum Gasteiger partial charge on any atom is 0.258 e. The lowest BCUT2D eigenvalue weighted by molar-refractivity contribution is 0.719.